The molecule has 0 fully saturated rings. The Balaban J connectivity index is 2.52. The van der Waals surface area contributed by atoms with Crippen LogP contribution in [0.2, 0.25) is 0 Å². The Morgan fingerprint density at radius 3 is 2.76 bits per heavy atom. The fourth-order valence-corrected chi connectivity index (χ4v) is 2.06. The maximum atomic E-state index is 11.0. The number of nitrogens with one attached hydrogen (secondary N) is 1. The van der Waals surface area contributed by atoms with Gasteiger partial charge in [0, 0.05) is 6.54 Å². The zero-order valence-corrected chi connectivity index (χ0v) is 11.1. The van der Waals surface area contributed by atoms with Crippen molar-refractivity contribution in [2.24, 2.45) is 0 Å². The van der Waals surface area contributed by atoms with Gasteiger partial charge in [-0.1, -0.05) is 24.3 Å². The monoisotopic (exact) mass is 253 g/mol. The molecule has 17 heavy (non-hydrogen) atoms. The van der Waals surface area contributed by atoms with Crippen LogP contribution in [-0.2, 0) is 11.3 Å². The molecule has 0 bridgehead atoms. The molecule has 1 rings (SSSR count). The van der Waals surface area contributed by atoms with Crippen LogP contribution in [0.3, 0.4) is 0 Å². The summed E-state index contributed by atoms with van der Waals surface area (Å²) in [7, 11) is 0. The number of benzene rings is 1. The van der Waals surface area contributed by atoms with Crippen molar-refractivity contribution in [1.29, 1.82) is 0 Å². The average molecular weight is 253 g/mol. The molecule has 0 saturated carbocycles. The van der Waals surface area contributed by atoms with Gasteiger partial charge in [-0.15, -0.1) is 0 Å². The lowest BCUT2D eigenvalue weighted by molar-refractivity contribution is -0.139. The third kappa shape index (κ3) is 4.79. The maximum absolute atomic E-state index is 11.0. The van der Waals surface area contributed by atoms with E-state index >= 15 is 0 Å². The minimum absolute atomic E-state index is 0.456. The first-order valence-corrected chi connectivity index (χ1v) is 7.04. The van der Waals surface area contributed by atoms with Gasteiger partial charge < -0.3 is 10.4 Å². The number of carbonyl (C=O) groups is 1. The van der Waals surface area contributed by atoms with Crippen LogP contribution in [-0.4, -0.2) is 29.1 Å². The van der Waals surface area contributed by atoms with E-state index in [-0.39, 0.29) is 0 Å². The molecule has 0 radical (unpaired) electrons. The maximum Gasteiger partial charge on any atom is 0.320 e. The molecule has 3 nitrogen and oxygen atoms in total. The van der Waals surface area contributed by atoms with Crippen molar-refractivity contribution in [2.45, 2.75) is 25.9 Å². The average Bonchev–Trinajstić information content (AvgIpc) is 2.31. The normalized spacial score (nSPS) is 12.4. The Morgan fingerprint density at radius 1 is 1.47 bits per heavy atom. The summed E-state index contributed by atoms with van der Waals surface area (Å²) in [4.78, 5) is 11.0. The van der Waals surface area contributed by atoms with Crippen molar-refractivity contribution in [1.82, 2.24) is 5.32 Å². The van der Waals surface area contributed by atoms with Gasteiger partial charge in [-0.05, 0) is 36.5 Å². The summed E-state index contributed by atoms with van der Waals surface area (Å²) in [6.07, 6.45) is 2.64. The highest BCUT2D eigenvalue weighted by atomic mass is 32.2. The number of carboxylic acid groups (broad SMARTS) is 1. The molecular weight excluding hydrogens is 234 g/mol. The SMILES string of the molecule is CSCC[C@@H](NCc1ccccc1C)C(=O)O. The van der Waals surface area contributed by atoms with Gasteiger partial charge in [0.2, 0.25) is 0 Å². The molecule has 1 aromatic rings. The summed E-state index contributed by atoms with van der Waals surface area (Å²) in [6, 6.07) is 7.56. The summed E-state index contributed by atoms with van der Waals surface area (Å²) in [5, 5.41) is 12.2. The Bertz CT molecular complexity index is 368. The van der Waals surface area contributed by atoms with Crippen molar-refractivity contribution < 1.29 is 9.90 Å². The van der Waals surface area contributed by atoms with E-state index in [9.17, 15) is 4.79 Å². The second-order valence-electron chi connectivity index (χ2n) is 3.98. The van der Waals surface area contributed by atoms with E-state index in [0.29, 0.717) is 13.0 Å². The van der Waals surface area contributed by atoms with Crippen molar-refractivity contribution in [3.05, 3.63) is 35.4 Å². The lowest BCUT2D eigenvalue weighted by Gasteiger charge is -2.14. The van der Waals surface area contributed by atoms with Gasteiger partial charge in [0.1, 0.15) is 6.04 Å². The molecule has 0 heterocycles. The van der Waals surface area contributed by atoms with E-state index in [1.165, 1.54) is 5.56 Å². The molecule has 1 aromatic carbocycles. The first-order valence-electron chi connectivity index (χ1n) is 5.64. The van der Waals surface area contributed by atoms with Gasteiger partial charge in [0.25, 0.3) is 0 Å². The second-order valence-corrected chi connectivity index (χ2v) is 4.97. The number of hydrogen-bond donors (Lipinski definition) is 2. The van der Waals surface area contributed by atoms with Gasteiger partial charge in [-0.25, -0.2) is 0 Å². The fourth-order valence-electron chi connectivity index (χ4n) is 1.59. The van der Waals surface area contributed by atoms with E-state index in [2.05, 4.69) is 5.32 Å². The van der Waals surface area contributed by atoms with Crippen LogP contribution in [0, 0.1) is 6.92 Å². The van der Waals surface area contributed by atoms with Crippen LogP contribution >= 0.6 is 11.8 Å². The highest BCUT2D eigenvalue weighted by Crippen LogP contribution is 2.08. The van der Waals surface area contributed by atoms with Crippen LogP contribution in [0.4, 0.5) is 0 Å². The Kier molecular flexibility index (Phi) is 6.08. The van der Waals surface area contributed by atoms with Crippen molar-refractivity contribution in [3.63, 3.8) is 0 Å². The third-order valence-corrected chi connectivity index (χ3v) is 3.35. The standard InChI is InChI=1S/C13H19NO2S/c1-10-5-3-4-6-11(10)9-14-12(13(15)16)7-8-17-2/h3-6,12,14H,7-9H2,1-2H3,(H,15,16)/t12-/m1/s1. The highest BCUT2D eigenvalue weighted by molar-refractivity contribution is 7.98. The number of aryl methyl sites for hydroxylation is 1. The number of hydrogen-bond acceptors (Lipinski definition) is 3. The molecule has 1 atom stereocenters. The molecule has 94 valence electrons. The summed E-state index contributed by atoms with van der Waals surface area (Å²) in [5.74, 6) is 0.0882. The van der Waals surface area contributed by atoms with Crippen LogP contribution in [0.1, 0.15) is 17.5 Å². The van der Waals surface area contributed by atoms with Crippen LogP contribution in [0.5, 0.6) is 0 Å². The summed E-state index contributed by atoms with van der Waals surface area (Å²) in [6.45, 7) is 2.65. The van der Waals surface area contributed by atoms with E-state index in [1.807, 2.05) is 37.4 Å². The summed E-state index contributed by atoms with van der Waals surface area (Å²) < 4.78 is 0. The van der Waals surface area contributed by atoms with Crippen LogP contribution in [0.25, 0.3) is 0 Å². The predicted molar refractivity (Wildman–Crippen MR) is 72.4 cm³/mol. The lowest BCUT2D eigenvalue weighted by atomic mass is 10.1. The van der Waals surface area contributed by atoms with E-state index < -0.39 is 12.0 Å². The topological polar surface area (TPSA) is 49.3 Å². The van der Waals surface area contributed by atoms with Crippen molar-refractivity contribution >= 4 is 17.7 Å². The molecule has 0 aliphatic carbocycles. The number of thioether (sulfide) groups is 1. The molecule has 2 N–H and O–H groups in total. The Morgan fingerprint density at radius 2 is 2.18 bits per heavy atom. The minimum Gasteiger partial charge on any atom is -0.480 e. The van der Waals surface area contributed by atoms with Crippen molar-refractivity contribution in [2.75, 3.05) is 12.0 Å². The number of carboxylic acids is 1. The summed E-state index contributed by atoms with van der Waals surface area (Å²) in [5.41, 5.74) is 2.34. The first-order chi connectivity index (χ1) is 8.15. The molecule has 4 heteroatoms. The van der Waals surface area contributed by atoms with E-state index in [0.717, 1.165) is 11.3 Å². The quantitative estimate of drug-likeness (QED) is 0.783. The first kappa shape index (κ1) is 14.1. The molecule has 0 amide bonds. The van der Waals surface area contributed by atoms with Gasteiger partial charge in [-0.3, -0.25) is 4.79 Å². The Labute approximate surface area is 107 Å². The van der Waals surface area contributed by atoms with E-state index in [4.69, 9.17) is 5.11 Å². The van der Waals surface area contributed by atoms with Gasteiger partial charge >= 0.3 is 5.97 Å². The molecule has 0 aromatic heterocycles. The smallest absolute Gasteiger partial charge is 0.320 e. The molecule has 0 aliphatic heterocycles. The minimum atomic E-state index is -0.771. The van der Waals surface area contributed by atoms with Gasteiger partial charge in [-0.2, -0.15) is 11.8 Å². The molecular formula is C13H19NO2S. The highest BCUT2D eigenvalue weighted by Gasteiger charge is 2.15. The lowest BCUT2D eigenvalue weighted by Crippen LogP contribution is -2.36. The Hall–Kier alpha value is -1.00. The van der Waals surface area contributed by atoms with E-state index in [1.54, 1.807) is 11.8 Å². The number of aliphatic carboxylic acids is 1. The second kappa shape index (κ2) is 7.35. The number of rotatable bonds is 7. The zero-order chi connectivity index (χ0) is 12.7. The third-order valence-electron chi connectivity index (χ3n) is 2.71. The van der Waals surface area contributed by atoms with Crippen LogP contribution in [0.15, 0.2) is 24.3 Å². The van der Waals surface area contributed by atoms with Crippen LogP contribution < -0.4 is 5.32 Å². The predicted octanol–water partition coefficient (Wildman–Crippen LogP) is 2.29. The summed E-state index contributed by atoms with van der Waals surface area (Å²) >= 11 is 1.67. The molecule has 0 unspecified atom stereocenters. The van der Waals surface area contributed by atoms with Gasteiger partial charge in [0.05, 0.1) is 0 Å². The molecule has 0 saturated heterocycles. The zero-order valence-electron chi connectivity index (χ0n) is 10.3. The largest absolute Gasteiger partial charge is 0.480 e. The molecule has 0 aliphatic rings. The molecule has 0 spiro atoms. The van der Waals surface area contributed by atoms with Crippen molar-refractivity contribution in [3.8, 4) is 0 Å². The van der Waals surface area contributed by atoms with Gasteiger partial charge in [0.15, 0.2) is 0 Å². The fraction of sp³-hybridized carbons (Fsp3) is 0.462.